The van der Waals surface area contributed by atoms with E-state index < -0.39 is 11.8 Å². The summed E-state index contributed by atoms with van der Waals surface area (Å²) in [5, 5.41) is 5.46. The third-order valence-electron chi connectivity index (χ3n) is 5.10. The highest BCUT2D eigenvalue weighted by molar-refractivity contribution is 6.43. The van der Waals surface area contributed by atoms with Gasteiger partial charge < -0.3 is 15.4 Å². The first kappa shape index (κ1) is 19.9. The summed E-state index contributed by atoms with van der Waals surface area (Å²) in [7, 11) is 0. The average Bonchev–Trinajstić information content (AvgIpc) is 3.18. The molecule has 1 aliphatic rings. The number of hydrogen-bond acceptors (Lipinski definition) is 3. The summed E-state index contributed by atoms with van der Waals surface area (Å²) in [6.45, 7) is 4.19. The Hall–Kier alpha value is -2.82. The van der Waals surface area contributed by atoms with E-state index in [1.807, 2.05) is 30.3 Å². The number of nitrogens with one attached hydrogen (secondary N) is 2. The van der Waals surface area contributed by atoms with Gasteiger partial charge in [0.05, 0.1) is 11.8 Å². The zero-order valence-corrected chi connectivity index (χ0v) is 16.6. The molecule has 3 rings (SSSR count). The number of benzene rings is 2. The highest BCUT2D eigenvalue weighted by atomic mass is 16.5. The number of hydrogen-bond donors (Lipinski definition) is 2. The molecule has 1 aliphatic carbocycles. The molecular weight excluding hydrogens is 352 g/mol. The number of rotatable bonds is 7. The standard InChI is InChI=1S/C23H28N2O3/c1-3-9-17(4-2)28-21-15-6-5-13-20(21)25-23(27)22(26)24-19-14-8-11-16-10-7-12-18(16)19/h5-6,8,11,13-15,17H,3-4,7,9-10,12H2,1-2H3,(H,24,26)(H,25,27). The van der Waals surface area contributed by atoms with Crippen LogP contribution in [0, 0.1) is 0 Å². The lowest BCUT2D eigenvalue weighted by Crippen LogP contribution is -2.29. The van der Waals surface area contributed by atoms with Gasteiger partial charge in [0, 0.05) is 5.69 Å². The van der Waals surface area contributed by atoms with Crippen LogP contribution in [0.4, 0.5) is 11.4 Å². The molecule has 2 aromatic carbocycles. The topological polar surface area (TPSA) is 67.4 Å². The Bertz CT molecular complexity index is 847. The Balaban J connectivity index is 1.68. The smallest absolute Gasteiger partial charge is 0.314 e. The fourth-order valence-electron chi connectivity index (χ4n) is 3.62. The third kappa shape index (κ3) is 4.71. The van der Waals surface area contributed by atoms with Crippen molar-refractivity contribution in [3.63, 3.8) is 0 Å². The van der Waals surface area contributed by atoms with Gasteiger partial charge in [-0.15, -0.1) is 0 Å². The number of anilines is 2. The van der Waals surface area contributed by atoms with Gasteiger partial charge in [0.1, 0.15) is 5.75 Å². The van der Waals surface area contributed by atoms with Gasteiger partial charge in [-0.05, 0) is 61.4 Å². The molecule has 0 saturated carbocycles. The quantitative estimate of drug-likeness (QED) is 0.684. The van der Waals surface area contributed by atoms with Crippen molar-refractivity contribution in [1.29, 1.82) is 0 Å². The lowest BCUT2D eigenvalue weighted by atomic mass is 10.1. The average molecular weight is 380 g/mol. The molecule has 0 bridgehead atoms. The van der Waals surface area contributed by atoms with Gasteiger partial charge >= 0.3 is 11.8 Å². The number of para-hydroxylation sites is 2. The molecule has 2 N–H and O–H groups in total. The Morgan fingerprint density at radius 3 is 2.43 bits per heavy atom. The number of carbonyl (C=O) groups is 2. The first-order valence-electron chi connectivity index (χ1n) is 10.1. The van der Waals surface area contributed by atoms with E-state index in [1.54, 1.807) is 6.07 Å². The zero-order valence-electron chi connectivity index (χ0n) is 16.6. The minimum absolute atomic E-state index is 0.0868. The predicted molar refractivity (Wildman–Crippen MR) is 112 cm³/mol. The second kappa shape index (κ2) is 9.40. The second-order valence-electron chi connectivity index (χ2n) is 7.14. The third-order valence-corrected chi connectivity index (χ3v) is 5.10. The van der Waals surface area contributed by atoms with Gasteiger partial charge in [-0.3, -0.25) is 9.59 Å². The van der Waals surface area contributed by atoms with Crippen molar-refractivity contribution >= 4 is 23.2 Å². The van der Waals surface area contributed by atoms with Crippen molar-refractivity contribution in [3.8, 4) is 5.75 Å². The molecule has 5 heteroatoms. The van der Waals surface area contributed by atoms with Gasteiger partial charge in [0.25, 0.3) is 0 Å². The van der Waals surface area contributed by atoms with Gasteiger partial charge in [-0.1, -0.05) is 44.5 Å². The number of fused-ring (bicyclic) bond motifs is 1. The SMILES string of the molecule is CCCC(CC)Oc1ccccc1NC(=O)C(=O)Nc1cccc2c1CCC2. The second-order valence-corrected chi connectivity index (χ2v) is 7.14. The summed E-state index contributed by atoms with van der Waals surface area (Å²) in [5.74, 6) is -0.782. The fraction of sp³-hybridized carbons (Fsp3) is 0.391. The number of amides is 2. The molecule has 2 aromatic rings. The van der Waals surface area contributed by atoms with Gasteiger partial charge in [0.2, 0.25) is 0 Å². The Morgan fingerprint density at radius 1 is 0.964 bits per heavy atom. The summed E-state index contributed by atoms with van der Waals surface area (Å²) in [4.78, 5) is 24.9. The Morgan fingerprint density at radius 2 is 1.68 bits per heavy atom. The number of aryl methyl sites for hydroxylation is 1. The van der Waals surface area contributed by atoms with Crippen molar-refractivity contribution in [2.75, 3.05) is 10.6 Å². The first-order valence-corrected chi connectivity index (χ1v) is 10.1. The van der Waals surface area contributed by atoms with E-state index in [0.717, 1.165) is 49.8 Å². The van der Waals surface area contributed by atoms with E-state index in [4.69, 9.17) is 4.74 Å². The Kier molecular flexibility index (Phi) is 6.69. The summed E-state index contributed by atoms with van der Waals surface area (Å²) in [6.07, 6.45) is 5.97. The fourth-order valence-corrected chi connectivity index (χ4v) is 3.62. The molecule has 0 fully saturated rings. The molecular formula is C23H28N2O3. The molecule has 5 nitrogen and oxygen atoms in total. The van der Waals surface area contributed by atoms with Crippen molar-refractivity contribution in [2.45, 2.75) is 58.5 Å². The van der Waals surface area contributed by atoms with Crippen LogP contribution in [0.15, 0.2) is 42.5 Å². The van der Waals surface area contributed by atoms with Crippen LogP contribution in [0.3, 0.4) is 0 Å². The lowest BCUT2D eigenvalue weighted by molar-refractivity contribution is -0.133. The summed E-state index contributed by atoms with van der Waals surface area (Å²) in [6, 6.07) is 13.1. The van der Waals surface area contributed by atoms with Crippen molar-refractivity contribution < 1.29 is 14.3 Å². The molecule has 2 amide bonds. The van der Waals surface area contributed by atoms with Crippen molar-refractivity contribution in [1.82, 2.24) is 0 Å². The van der Waals surface area contributed by atoms with Crippen LogP contribution in [0.2, 0.25) is 0 Å². The van der Waals surface area contributed by atoms with Gasteiger partial charge in [-0.25, -0.2) is 0 Å². The molecule has 148 valence electrons. The summed E-state index contributed by atoms with van der Waals surface area (Å²) < 4.78 is 6.05. The number of carbonyl (C=O) groups excluding carboxylic acids is 2. The Labute approximate surface area is 166 Å². The van der Waals surface area contributed by atoms with Crippen LogP contribution < -0.4 is 15.4 Å². The summed E-state index contributed by atoms with van der Waals surface area (Å²) >= 11 is 0. The molecule has 0 heterocycles. The molecule has 0 aliphatic heterocycles. The monoisotopic (exact) mass is 380 g/mol. The maximum absolute atomic E-state index is 12.5. The normalized spacial score (nSPS) is 13.5. The predicted octanol–water partition coefficient (Wildman–Crippen LogP) is 4.71. The summed E-state index contributed by atoms with van der Waals surface area (Å²) in [5.41, 5.74) is 3.63. The largest absolute Gasteiger partial charge is 0.488 e. The highest BCUT2D eigenvalue weighted by Crippen LogP contribution is 2.29. The van der Waals surface area contributed by atoms with Gasteiger partial charge in [-0.2, -0.15) is 0 Å². The maximum Gasteiger partial charge on any atom is 0.314 e. The minimum Gasteiger partial charge on any atom is -0.488 e. The van der Waals surface area contributed by atoms with E-state index in [9.17, 15) is 9.59 Å². The highest BCUT2D eigenvalue weighted by Gasteiger charge is 2.20. The van der Waals surface area contributed by atoms with Crippen LogP contribution in [-0.2, 0) is 22.4 Å². The van der Waals surface area contributed by atoms with Crippen molar-refractivity contribution in [3.05, 3.63) is 53.6 Å². The molecule has 0 saturated heterocycles. The molecule has 28 heavy (non-hydrogen) atoms. The van der Waals surface area contributed by atoms with Crippen LogP contribution >= 0.6 is 0 Å². The maximum atomic E-state index is 12.5. The van der Waals surface area contributed by atoms with E-state index in [0.29, 0.717) is 11.4 Å². The van der Waals surface area contributed by atoms with Crippen LogP contribution in [0.25, 0.3) is 0 Å². The van der Waals surface area contributed by atoms with Gasteiger partial charge in [0.15, 0.2) is 0 Å². The van der Waals surface area contributed by atoms with E-state index in [-0.39, 0.29) is 6.10 Å². The van der Waals surface area contributed by atoms with E-state index >= 15 is 0 Å². The van der Waals surface area contributed by atoms with Crippen LogP contribution in [-0.4, -0.2) is 17.9 Å². The minimum atomic E-state index is -0.699. The van der Waals surface area contributed by atoms with Crippen LogP contribution in [0.5, 0.6) is 5.75 Å². The molecule has 0 radical (unpaired) electrons. The van der Waals surface area contributed by atoms with Crippen LogP contribution in [0.1, 0.15) is 50.7 Å². The first-order chi connectivity index (χ1) is 13.6. The zero-order chi connectivity index (χ0) is 19.9. The molecule has 0 spiro atoms. The molecule has 1 unspecified atom stereocenters. The van der Waals surface area contributed by atoms with E-state index in [1.165, 1.54) is 5.56 Å². The lowest BCUT2D eigenvalue weighted by Gasteiger charge is -2.19. The molecule has 1 atom stereocenters. The number of ether oxygens (including phenoxy) is 1. The van der Waals surface area contributed by atoms with E-state index in [2.05, 4.69) is 30.5 Å². The molecule has 0 aromatic heterocycles. The van der Waals surface area contributed by atoms with Crippen molar-refractivity contribution in [2.24, 2.45) is 0 Å².